The third-order valence-electron chi connectivity index (χ3n) is 7.99. The van der Waals surface area contributed by atoms with Crippen molar-refractivity contribution in [2.75, 3.05) is 40.6 Å². The average Bonchev–Trinajstić information content (AvgIpc) is 3.26. The molecule has 6 rings (SSSR count). The van der Waals surface area contributed by atoms with Crippen LogP contribution in [-0.2, 0) is 0 Å². The monoisotopic (exact) mass is 750 g/mol. The fourth-order valence-corrected chi connectivity index (χ4v) is 4.96. The van der Waals surface area contributed by atoms with E-state index in [1.807, 2.05) is 146 Å². The van der Waals surface area contributed by atoms with Crippen LogP contribution in [0.4, 0.5) is 34.1 Å². The van der Waals surface area contributed by atoms with E-state index in [4.69, 9.17) is 28.4 Å². The summed E-state index contributed by atoms with van der Waals surface area (Å²) in [4.78, 5) is 0. The summed E-state index contributed by atoms with van der Waals surface area (Å²) in [5.41, 5.74) is 4.42. The normalized spacial score (nSPS) is 11.2. The van der Waals surface area contributed by atoms with Gasteiger partial charge in [-0.05, 0) is 146 Å². The number of benzene rings is 6. The van der Waals surface area contributed by atoms with Crippen molar-refractivity contribution in [3.8, 4) is 34.5 Å². The summed E-state index contributed by atoms with van der Waals surface area (Å²) in [6.07, 6.45) is 1.45. The van der Waals surface area contributed by atoms with Crippen LogP contribution < -0.4 is 28.4 Å². The molecule has 284 valence electrons. The lowest BCUT2D eigenvalue weighted by Crippen LogP contribution is -2.04. The molecule has 0 aliphatic carbocycles. The van der Waals surface area contributed by atoms with E-state index in [-0.39, 0.29) is 0 Å². The van der Waals surface area contributed by atoms with Crippen molar-refractivity contribution in [3.63, 3.8) is 0 Å². The number of methoxy groups -OCH3 is 2. The van der Waals surface area contributed by atoms with Gasteiger partial charge >= 0.3 is 0 Å². The van der Waals surface area contributed by atoms with Crippen molar-refractivity contribution < 1.29 is 28.4 Å². The van der Waals surface area contributed by atoms with Gasteiger partial charge in [0, 0.05) is 12.8 Å². The zero-order chi connectivity index (χ0) is 38.6. The summed E-state index contributed by atoms with van der Waals surface area (Å²) in [7, 11) is 3.26. The molecule has 0 aromatic heterocycles. The van der Waals surface area contributed by atoms with Crippen LogP contribution in [0.2, 0.25) is 0 Å². The van der Waals surface area contributed by atoms with Gasteiger partial charge in [0.25, 0.3) is 0 Å². The highest BCUT2D eigenvalue weighted by atomic mass is 16.5. The first-order chi connectivity index (χ1) is 27.6. The molecule has 0 aliphatic rings. The van der Waals surface area contributed by atoms with Crippen LogP contribution >= 0.6 is 0 Å². The molecule has 0 saturated carbocycles. The van der Waals surface area contributed by atoms with Crippen molar-refractivity contribution >= 4 is 34.1 Å². The number of ether oxygens (including phenoxy) is 6. The largest absolute Gasteiger partial charge is 0.497 e. The summed E-state index contributed by atoms with van der Waals surface area (Å²) in [5, 5.41) is 25.7. The summed E-state index contributed by atoms with van der Waals surface area (Å²) in [6, 6.07) is 44.7. The van der Waals surface area contributed by atoms with Gasteiger partial charge in [-0.25, -0.2) is 0 Å². The van der Waals surface area contributed by atoms with E-state index in [0.29, 0.717) is 26.4 Å². The topological polar surface area (TPSA) is 130 Å². The molecule has 0 fully saturated rings. The average molecular weight is 751 g/mol. The molecule has 56 heavy (non-hydrogen) atoms. The molecule has 0 bridgehead atoms. The first-order valence-electron chi connectivity index (χ1n) is 18.1. The van der Waals surface area contributed by atoms with Crippen LogP contribution in [0.25, 0.3) is 0 Å². The maximum atomic E-state index is 5.86. The molecule has 0 unspecified atom stereocenters. The molecule has 0 amide bonds. The highest BCUT2D eigenvalue weighted by Crippen LogP contribution is 2.26. The fourth-order valence-electron chi connectivity index (χ4n) is 4.96. The molecule has 0 atom stereocenters. The number of hydrogen-bond acceptors (Lipinski definition) is 12. The number of hydrogen-bond donors (Lipinski definition) is 0. The van der Waals surface area contributed by atoms with E-state index >= 15 is 0 Å². The van der Waals surface area contributed by atoms with E-state index in [9.17, 15) is 0 Å². The van der Waals surface area contributed by atoms with E-state index in [2.05, 4.69) is 30.7 Å². The Labute approximate surface area is 326 Å². The summed E-state index contributed by atoms with van der Waals surface area (Å²) >= 11 is 0. The van der Waals surface area contributed by atoms with Crippen LogP contribution in [0.15, 0.2) is 176 Å². The van der Waals surface area contributed by atoms with E-state index in [0.717, 1.165) is 81.5 Å². The Morgan fingerprint density at radius 3 is 0.625 bits per heavy atom. The lowest BCUT2D eigenvalue weighted by atomic mass is 10.3. The standard InChI is InChI=1S/C44H42N6O6/c1-51-39-17-5-33(6-18-39)45-47-35-9-21-41(22-10-35)53-29-3-31-55-43-25-13-37(14-26-43)49-50-38-15-27-44(28-16-38)56-32-4-30-54-42-23-11-36(12-24-42)48-46-34-7-19-40(52-2)20-8-34/h5-28H,3-4,29-32H2,1-2H3. The molecule has 6 aromatic carbocycles. The van der Waals surface area contributed by atoms with Gasteiger partial charge in [0.2, 0.25) is 0 Å². The first-order valence-corrected chi connectivity index (χ1v) is 18.1. The number of azo groups is 3. The third kappa shape index (κ3) is 12.8. The Morgan fingerprint density at radius 1 is 0.268 bits per heavy atom. The molecule has 0 saturated heterocycles. The minimum atomic E-state index is 0.519. The molecule has 12 heteroatoms. The van der Waals surface area contributed by atoms with Crippen LogP contribution in [0.3, 0.4) is 0 Å². The van der Waals surface area contributed by atoms with Crippen molar-refractivity contribution in [1.82, 2.24) is 0 Å². The van der Waals surface area contributed by atoms with Gasteiger partial charge in [-0.1, -0.05) is 0 Å². The summed E-state index contributed by atoms with van der Waals surface area (Å²) in [6.45, 7) is 2.08. The zero-order valence-electron chi connectivity index (χ0n) is 31.2. The highest BCUT2D eigenvalue weighted by Gasteiger charge is 2.01. The number of rotatable bonds is 20. The second-order valence-electron chi connectivity index (χ2n) is 12.1. The maximum absolute atomic E-state index is 5.86. The molecule has 6 aromatic rings. The molecule has 0 radical (unpaired) electrons. The van der Waals surface area contributed by atoms with Crippen molar-refractivity contribution in [3.05, 3.63) is 146 Å². The van der Waals surface area contributed by atoms with Gasteiger partial charge in [-0.3, -0.25) is 0 Å². The molecule has 0 N–H and O–H groups in total. The van der Waals surface area contributed by atoms with Crippen molar-refractivity contribution in [2.24, 2.45) is 30.7 Å². The Bertz CT molecular complexity index is 1980. The number of nitrogens with zero attached hydrogens (tertiary/aromatic N) is 6. The lowest BCUT2D eigenvalue weighted by molar-refractivity contribution is 0.247. The second kappa shape index (κ2) is 21.0. The Balaban J connectivity index is 0.822. The van der Waals surface area contributed by atoms with Gasteiger partial charge in [0.15, 0.2) is 0 Å². The molecule has 12 nitrogen and oxygen atoms in total. The van der Waals surface area contributed by atoms with Crippen molar-refractivity contribution in [1.29, 1.82) is 0 Å². The van der Waals surface area contributed by atoms with Crippen LogP contribution in [0, 0.1) is 0 Å². The first kappa shape index (κ1) is 38.6. The Morgan fingerprint density at radius 2 is 0.446 bits per heavy atom. The van der Waals surface area contributed by atoms with Gasteiger partial charge in [-0.2, -0.15) is 30.7 Å². The van der Waals surface area contributed by atoms with Gasteiger partial charge in [0.1, 0.15) is 34.5 Å². The second-order valence-corrected chi connectivity index (χ2v) is 12.1. The fraction of sp³-hybridized carbons (Fsp3) is 0.182. The zero-order valence-corrected chi connectivity index (χ0v) is 31.2. The lowest BCUT2D eigenvalue weighted by Gasteiger charge is -2.08. The minimum Gasteiger partial charge on any atom is -0.497 e. The molecular formula is C44H42N6O6. The van der Waals surface area contributed by atoms with Crippen LogP contribution in [0.5, 0.6) is 34.5 Å². The maximum Gasteiger partial charge on any atom is 0.119 e. The van der Waals surface area contributed by atoms with Gasteiger partial charge < -0.3 is 28.4 Å². The summed E-state index contributed by atoms with van der Waals surface area (Å²) < 4.78 is 33.7. The predicted molar refractivity (Wildman–Crippen MR) is 215 cm³/mol. The Hall–Kier alpha value is -7.08. The molecule has 0 aliphatic heterocycles. The minimum absolute atomic E-state index is 0.519. The summed E-state index contributed by atoms with van der Waals surface area (Å²) in [5.74, 6) is 4.59. The van der Waals surface area contributed by atoms with E-state index in [1.54, 1.807) is 14.2 Å². The Kier molecular flexibility index (Phi) is 14.5. The quantitative estimate of drug-likeness (QED) is 0.0564. The SMILES string of the molecule is COc1ccc(N=Nc2ccc(OCCCOc3ccc(N=Nc4ccc(OCCCOc5ccc(N=Nc6ccc(OC)cc6)cc5)cc4)cc3)cc2)cc1. The van der Waals surface area contributed by atoms with E-state index < -0.39 is 0 Å². The molecular weight excluding hydrogens is 709 g/mol. The van der Waals surface area contributed by atoms with Crippen molar-refractivity contribution in [2.45, 2.75) is 12.8 Å². The third-order valence-corrected chi connectivity index (χ3v) is 7.99. The highest BCUT2D eigenvalue weighted by molar-refractivity contribution is 5.47. The van der Waals surface area contributed by atoms with Gasteiger partial charge in [-0.15, -0.1) is 0 Å². The van der Waals surface area contributed by atoms with Gasteiger partial charge in [0.05, 0.1) is 74.8 Å². The van der Waals surface area contributed by atoms with E-state index in [1.165, 1.54) is 0 Å². The predicted octanol–water partition coefficient (Wildman–Crippen LogP) is 12.6. The van der Waals surface area contributed by atoms with Crippen LogP contribution in [-0.4, -0.2) is 40.6 Å². The van der Waals surface area contributed by atoms with Crippen LogP contribution in [0.1, 0.15) is 12.8 Å². The molecule has 0 spiro atoms. The molecule has 0 heterocycles. The smallest absolute Gasteiger partial charge is 0.119 e.